The molecule has 1 aromatic carbocycles. The summed E-state index contributed by atoms with van der Waals surface area (Å²) in [6.07, 6.45) is 7.61. The summed E-state index contributed by atoms with van der Waals surface area (Å²) in [6.45, 7) is 0. The van der Waals surface area contributed by atoms with Gasteiger partial charge in [-0.05, 0) is 18.2 Å². The molecule has 1 rings (SSSR count). The first kappa shape index (κ1) is 15.3. The van der Waals surface area contributed by atoms with Gasteiger partial charge in [0.15, 0.2) is 11.6 Å². The van der Waals surface area contributed by atoms with Crippen molar-refractivity contribution >= 4 is 17.5 Å². The van der Waals surface area contributed by atoms with E-state index in [-0.39, 0.29) is 11.6 Å². The van der Waals surface area contributed by atoms with Crippen molar-refractivity contribution in [1.29, 1.82) is 0 Å². The summed E-state index contributed by atoms with van der Waals surface area (Å²) in [5.41, 5.74) is 0.520. The molecule has 1 aromatic rings. The van der Waals surface area contributed by atoms with Crippen molar-refractivity contribution < 1.29 is 19.1 Å². The van der Waals surface area contributed by atoms with Crippen molar-refractivity contribution in [1.82, 2.24) is 0 Å². The van der Waals surface area contributed by atoms with Crippen molar-refractivity contribution in [2.45, 2.75) is 0 Å². The largest absolute Gasteiger partial charge is 0.466 e. The van der Waals surface area contributed by atoms with Gasteiger partial charge in [0, 0.05) is 11.6 Å². The van der Waals surface area contributed by atoms with Crippen molar-refractivity contribution in [3.63, 3.8) is 0 Å². The smallest absolute Gasteiger partial charge is 0.330 e. The number of ether oxygens (including phenoxy) is 1. The third kappa shape index (κ3) is 5.73. The summed E-state index contributed by atoms with van der Waals surface area (Å²) in [5.74, 6) is -1.09. The van der Waals surface area contributed by atoms with Crippen molar-refractivity contribution in [2.75, 3.05) is 7.11 Å². The van der Waals surface area contributed by atoms with Crippen LogP contribution in [-0.2, 0) is 14.3 Å². The molecule has 0 unspecified atom stereocenters. The lowest BCUT2D eigenvalue weighted by Crippen LogP contribution is -1.95. The number of hydrogen-bond acceptors (Lipinski definition) is 4. The Hall–Kier alpha value is -2.75. The van der Waals surface area contributed by atoms with Crippen LogP contribution in [0.2, 0.25) is 0 Å². The first-order valence-corrected chi connectivity index (χ1v) is 5.87. The van der Waals surface area contributed by atoms with Gasteiger partial charge >= 0.3 is 5.97 Å². The Balaban J connectivity index is 2.52. The van der Waals surface area contributed by atoms with Gasteiger partial charge in [0.25, 0.3) is 0 Å². The molecule has 0 aliphatic carbocycles. The average Bonchev–Trinajstić information content (AvgIpc) is 2.49. The van der Waals surface area contributed by atoms with Crippen LogP contribution in [0.4, 0.5) is 0 Å². The summed E-state index contributed by atoms with van der Waals surface area (Å²) in [5, 5.41) is 0. The van der Waals surface area contributed by atoms with Crippen LogP contribution in [0.3, 0.4) is 0 Å². The molecule has 102 valence electrons. The Kier molecular flexibility index (Phi) is 6.41. The fourth-order valence-corrected chi connectivity index (χ4v) is 1.26. The molecule has 4 nitrogen and oxygen atoms in total. The van der Waals surface area contributed by atoms with Gasteiger partial charge < -0.3 is 4.74 Å². The molecule has 0 spiro atoms. The Bertz CT molecular complexity index is 565. The van der Waals surface area contributed by atoms with Crippen molar-refractivity contribution in [3.8, 4) is 0 Å². The number of ketones is 2. The number of rotatable bonds is 6. The van der Waals surface area contributed by atoms with E-state index in [1.807, 2.05) is 6.07 Å². The predicted octanol–water partition coefficient (Wildman–Crippen LogP) is 2.28. The zero-order chi connectivity index (χ0) is 14.8. The maximum absolute atomic E-state index is 11.7. The summed E-state index contributed by atoms with van der Waals surface area (Å²) in [7, 11) is 1.26. The van der Waals surface area contributed by atoms with Gasteiger partial charge in [-0.3, -0.25) is 9.59 Å². The highest BCUT2D eigenvalue weighted by atomic mass is 16.5. The second kappa shape index (κ2) is 8.37. The van der Waals surface area contributed by atoms with E-state index in [4.69, 9.17) is 0 Å². The maximum atomic E-state index is 11.7. The fourth-order valence-electron chi connectivity index (χ4n) is 1.26. The van der Waals surface area contributed by atoms with Crippen LogP contribution in [0.15, 0.2) is 66.8 Å². The van der Waals surface area contributed by atoms with E-state index >= 15 is 0 Å². The van der Waals surface area contributed by atoms with Gasteiger partial charge in [0.2, 0.25) is 0 Å². The molecule has 0 amide bonds. The molecule has 0 radical (unpaired) electrons. The van der Waals surface area contributed by atoms with Gasteiger partial charge in [-0.2, -0.15) is 0 Å². The first-order chi connectivity index (χ1) is 9.63. The minimum atomic E-state index is -0.503. The van der Waals surface area contributed by atoms with E-state index in [1.54, 1.807) is 24.3 Å². The first-order valence-electron chi connectivity index (χ1n) is 5.87. The van der Waals surface area contributed by atoms with Crippen LogP contribution >= 0.6 is 0 Å². The van der Waals surface area contributed by atoms with E-state index in [0.29, 0.717) is 5.56 Å². The maximum Gasteiger partial charge on any atom is 0.330 e. The molecule has 0 aliphatic heterocycles. The number of esters is 1. The topological polar surface area (TPSA) is 60.4 Å². The molecule has 0 aliphatic rings. The monoisotopic (exact) mass is 270 g/mol. The Morgan fingerprint density at radius 1 is 0.900 bits per heavy atom. The highest BCUT2D eigenvalue weighted by Crippen LogP contribution is 2.00. The molecule has 0 saturated carbocycles. The lowest BCUT2D eigenvalue weighted by atomic mass is 10.1. The summed E-state index contributed by atoms with van der Waals surface area (Å²) in [6, 6.07) is 8.65. The van der Waals surface area contributed by atoms with Crippen LogP contribution in [0.1, 0.15) is 10.4 Å². The minimum absolute atomic E-state index is 0.238. The number of allylic oxidation sites excluding steroid dienone is 5. The normalized spacial score (nSPS) is 11.2. The average molecular weight is 270 g/mol. The molecule has 4 heteroatoms. The van der Waals surface area contributed by atoms with Crippen molar-refractivity contribution in [2.24, 2.45) is 0 Å². The number of hydrogen-bond donors (Lipinski definition) is 0. The predicted molar refractivity (Wildman–Crippen MR) is 75.2 cm³/mol. The third-order valence-electron chi connectivity index (χ3n) is 2.26. The van der Waals surface area contributed by atoms with E-state index in [2.05, 4.69) is 4.74 Å². The second-order valence-electron chi connectivity index (χ2n) is 3.71. The van der Waals surface area contributed by atoms with Gasteiger partial charge in [-0.15, -0.1) is 0 Å². The summed E-state index contributed by atoms with van der Waals surface area (Å²) >= 11 is 0. The van der Waals surface area contributed by atoms with Crippen LogP contribution in [0.25, 0.3) is 0 Å². The standard InChI is InChI=1S/C16H14O4/c1-20-16(19)10-6-5-9-14(17)11-12-15(18)13-7-3-2-4-8-13/h2-12H,1H3/b9-5+,10-6+,12-11+. The zero-order valence-corrected chi connectivity index (χ0v) is 11.0. The van der Waals surface area contributed by atoms with Gasteiger partial charge in [-0.25, -0.2) is 4.79 Å². The van der Waals surface area contributed by atoms with Crippen LogP contribution in [-0.4, -0.2) is 24.6 Å². The molecule has 0 saturated heterocycles. The molecular formula is C16H14O4. The molecule has 0 heterocycles. The van der Waals surface area contributed by atoms with Gasteiger partial charge in [-0.1, -0.05) is 42.5 Å². The Morgan fingerprint density at radius 3 is 2.20 bits per heavy atom. The van der Waals surface area contributed by atoms with Crippen LogP contribution in [0.5, 0.6) is 0 Å². The number of carbonyl (C=O) groups excluding carboxylic acids is 3. The molecular weight excluding hydrogens is 256 g/mol. The molecule has 0 fully saturated rings. The highest BCUT2D eigenvalue weighted by molar-refractivity contribution is 6.09. The number of methoxy groups -OCH3 is 1. The molecule has 0 aromatic heterocycles. The molecule has 0 bridgehead atoms. The Labute approximate surface area is 117 Å². The quantitative estimate of drug-likeness (QED) is 0.344. The molecule has 20 heavy (non-hydrogen) atoms. The summed E-state index contributed by atoms with van der Waals surface area (Å²) < 4.78 is 4.38. The Morgan fingerprint density at radius 2 is 1.55 bits per heavy atom. The summed E-state index contributed by atoms with van der Waals surface area (Å²) in [4.78, 5) is 33.8. The lowest BCUT2D eigenvalue weighted by molar-refractivity contribution is -0.134. The molecule has 0 N–H and O–H groups in total. The van der Waals surface area contributed by atoms with E-state index < -0.39 is 5.97 Å². The van der Waals surface area contributed by atoms with Crippen molar-refractivity contribution in [3.05, 3.63) is 72.4 Å². The lowest BCUT2D eigenvalue weighted by Gasteiger charge is -1.92. The third-order valence-corrected chi connectivity index (χ3v) is 2.26. The SMILES string of the molecule is COC(=O)/C=C/C=C/C(=O)/C=C/C(=O)c1ccccc1. The molecule has 0 atom stereocenters. The van der Waals surface area contributed by atoms with E-state index in [0.717, 1.165) is 0 Å². The van der Waals surface area contributed by atoms with Crippen LogP contribution < -0.4 is 0 Å². The van der Waals surface area contributed by atoms with Gasteiger partial charge in [0.1, 0.15) is 0 Å². The minimum Gasteiger partial charge on any atom is -0.466 e. The highest BCUT2D eigenvalue weighted by Gasteiger charge is 1.99. The van der Waals surface area contributed by atoms with Crippen LogP contribution in [0, 0.1) is 0 Å². The number of benzene rings is 1. The van der Waals surface area contributed by atoms with E-state index in [1.165, 1.54) is 43.6 Å². The number of carbonyl (C=O) groups is 3. The fraction of sp³-hybridized carbons (Fsp3) is 0.0625. The van der Waals surface area contributed by atoms with Gasteiger partial charge in [0.05, 0.1) is 7.11 Å². The van der Waals surface area contributed by atoms with E-state index in [9.17, 15) is 14.4 Å². The zero-order valence-electron chi connectivity index (χ0n) is 11.0. The second-order valence-corrected chi connectivity index (χ2v) is 3.71.